The van der Waals surface area contributed by atoms with E-state index in [0.29, 0.717) is 5.82 Å². The van der Waals surface area contributed by atoms with Crippen molar-refractivity contribution in [3.63, 3.8) is 0 Å². The minimum atomic E-state index is -0.391. The van der Waals surface area contributed by atoms with Crippen LogP contribution in [0.3, 0.4) is 0 Å². The fraction of sp³-hybridized carbons (Fsp3) is 0.421. The normalized spacial score (nSPS) is 19.1. The van der Waals surface area contributed by atoms with Crippen LogP contribution in [0, 0.1) is 5.92 Å². The topological polar surface area (TPSA) is 101 Å². The van der Waals surface area contributed by atoms with E-state index in [1.165, 1.54) is 16.0 Å². The van der Waals surface area contributed by atoms with Gasteiger partial charge in [-0.25, -0.2) is 9.79 Å². The molecule has 146 valence electrons. The van der Waals surface area contributed by atoms with E-state index in [-0.39, 0.29) is 23.2 Å². The van der Waals surface area contributed by atoms with Gasteiger partial charge in [0.25, 0.3) is 11.9 Å². The monoisotopic (exact) mass is 398 g/mol. The minimum Gasteiger partial charge on any atom is -0.299 e. The van der Waals surface area contributed by atoms with Gasteiger partial charge in [-0.3, -0.25) is 15.4 Å². The number of amides is 3. The van der Waals surface area contributed by atoms with E-state index in [4.69, 9.17) is 0 Å². The Bertz CT molecular complexity index is 981. The van der Waals surface area contributed by atoms with Gasteiger partial charge in [0.15, 0.2) is 0 Å². The second-order valence-corrected chi connectivity index (χ2v) is 8.88. The zero-order valence-electron chi connectivity index (χ0n) is 16.0. The van der Waals surface area contributed by atoms with Crippen LogP contribution >= 0.6 is 11.3 Å². The second-order valence-electron chi connectivity index (χ2n) is 7.93. The van der Waals surface area contributed by atoms with E-state index in [2.05, 4.69) is 25.7 Å². The molecular weight excluding hydrogens is 376 g/mol. The number of fused-ring (bicyclic) bond motifs is 1. The van der Waals surface area contributed by atoms with E-state index < -0.39 is 6.03 Å². The SMILES string of the molecule is CC(C)(C)c1cc(NC(=O)Nc2cccs2)n(C2=NC(=O)C3CCCC3=N2)n1. The number of aromatic nitrogens is 2. The molecule has 0 bridgehead atoms. The van der Waals surface area contributed by atoms with Crippen molar-refractivity contribution in [2.24, 2.45) is 15.9 Å². The average Bonchev–Trinajstić information content (AvgIpc) is 3.33. The molecule has 1 unspecified atom stereocenters. The van der Waals surface area contributed by atoms with Crippen LogP contribution in [0.25, 0.3) is 0 Å². The first-order valence-electron chi connectivity index (χ1n) is 9.24. The summed E-state index contributed by atoms with van der Waals surface area (Å²) in [6, 6.07) is 5.08. The molecule has 1 aliphatic carbocycles. The molecule has 0 saturated heterocycles. The highest BCUT2D eigenvalue weighted by Crippen LogP contribution is 2.29. The lowest BCUT2D eigenvalue weighted by Crippen LogP contribution is -2.29. The number of rotatable bonds is 2. The van der Waals surface area contributed by atoms with E-state index in [1.54, 1.807) is 6.07 Å². The molecular formula is C19H22N6O2S. The summed E-state index contributed by atoms with van der Waals surface area (Å²) in [5.74, 6) is 0.255. The van der Waals surface area contributed by atoms with Gasteiger partial charge >= 0.3 is 6.03 Å². The van der Waals surface area contributed by atoms with Gasteiger partial charge < -0.3 is 0 Å². The fourth-order valence-corrected chi connectivity index (χ4v) is 3.86. The van der Waals surface area contributed by atoms with Crippen LogP contribution in [0.2, 0.25) is 0 Å². The molecule has 8 nitrogen and oxygen atoms in total. The molecule has 1 fully saturated rings. The third-order valence-corrected chi connectivity index (χ3v) is 5.53. The summed E-state index contributed by atoms with van der Waals surface area (Å²) in [4.78, 5) is 33.6. The smallest absolute Gasteiger partial charge is 0.299 e. The number of anilines is 2. The number of nitrogens with zero attached hydrogens (tertiary/aromatic N) is 4. The maximum atomic E-state index is 12.4. The molecule has 0 radical (unpaired) electrons. The number of carbonyl (C=O) groups excluding carboxylic acids is 2. The van der Waals surface area contributed by atoms with Crippen molar-refractivity contribution in [3.05, 3.63) is 29.3 Å². The summed E-state index contributed by atoms with van der Waals surface area (Å²) >= 11 is 1.43. The number of carbonyl (C=O) groups is 2. The quantitative estimate of drug-likeness (QED) is 0.803. The molecule has 2 aliphatic rings. The Morgan fingerprint density at radius 3 is 2.82 bits per heavy atom. The molecule has 4 rings (SSSR count). The molecule has 2 N–H and O–H groups in total. The Labute approximate surface area is 166 Å². The number of urea groups is 1. The zero-order chi connectivity index (χ0) is 19.9. The van der Waals surface area contributed by atoms with Crippen molar-refractivity contribution < 1.29 is 9.59 Å². The number of aliphatic imine (C=N–C) groups is 2. The van der Waals surface area contributed by atoms with Crippen molar-refractivity contribution in [1.29, 1.82) is 0 Å². The highest BCUT2D eigenvalue weighted by atomic mass is 32.1. The lowest BCUT2D eigenvalue weighted by Gasteiger charge is -2.16. The van der Waals surface area contributed by atoms with Crippen LogP contribution in [0.5, 0.6) is 0 Å². The number of nitrogens with one attached hydrogen (secondary N) is 2. The summed E-state index contributed by atoms with van der Waals surface area (Å²) in [6.07, 6.45) is 2.54. The second kappa shape index (κ2) is 6.97. The highest BCUT2D eigenvalue weighted by molar-refractivity contribution is 7.14. The summed E-state index contributed by atoms with van der Waals surface area (Å²) in [5, 5.41) is 12.8. The van der Waals surface area contributed by atoms with Gasteiger partial charge in [-0.05, 0) is 36.8 Å². The van der Waals surface area contributed by atoms with Crippen LogP contribution in [0.4, 0.5) is 15.6 Å². The third-order valence-electron chi connectivity index (χ3n) is 4.75. The van der Waals surface area contributed by atoms with Crippen molar-refractivity contribution in [3.8, 4) is 0 Å². The van der Waals surface area contributed by atoms with Crippen LogP contribution in [0.15, 0.2) is 33.6 Å². The lowest BCUT2D eigenvalue weighted by atomic mass is 9.92. The van der Waals surface area contributed by atoms with Gasteiger partial charge in [-0.2, -0.15) is 14.8 Å². The van der Waals surface area contributed by atoms with Crippen LogP contribution in [-0.2, 0) is 10.2 Å². The maximum absolute atomic E-state index is 12.4. The van der Waals surface area contributed by atoms with Crippen molar-refractivity contribution in [2.75, 3.05) is 10.6 Å². The molecule has 0 aromatic carbocycles. The predicted octanol–water partition coefficient (Wildman–Crippen LogP) is 3.87. The molecule has 3 amide bonds. The summed E-state index contributed by atoms with van der Waals surface area (Å²) in [6.45, 7) is 6.09. The molecule has 0 spiro atoms. The van der Waals surface area contributed by atoms with Gasteiger partial charge in [0.05, 0.1) is 16.6 Å². The van der Waals surface area contributed by atoms with Crippen molar-refractivity contribution in [1.82, 2.24) is 9.78 Å². The molecule has 3 heterocycles. The molecule has 28 heavy (non-hydrogen) atoms. The van der Waals surface area contributed by atoms with E-state index in [9.17, 15) is 9.59 Å². The Morgan fingerprint density at radius 2 is 2.11 bits per heavy atom. The molecule has 1 saturated carbocycles. The first kappa shape index (κ1) is 18.5. The van der Waals surface area contributed by atoms with E-state index in [0.717, 1.165) is 35.7 Å². The lowest BCUT2D eigenvalue weighted by molar-refractivity contribution is -0.119. The average molecular weight is 398 g/mol. The molecule has 2 aromatic heterocycles. The molecule has 1 aliphatic heterocycles. The maximum Gasteiger partial charge on any atom is 0.325 e. The van der Waals surface area contributed by atoms with Crippen LogP contribution < -0.4 is 10.6 Å². The zero-order valence-corrected chi connectivity index (χ0v) is 16.8. The largest absolute Gasteiger partial charge is 0.325 e. The Hall–Kier alpha value is -2.81. The number of hydrogen-bond donors (Lipinski definition) is 2. The molecule has 2 aromatic rings. The predicted molar refractivity (Wildman–Crippen MR) is 111 cm³/mol. The summed E-state index contributed by atoms with van der Waals surface area (Å²) in [7, 11) is 0. The summed E-state index contributed by atoms with van der Waals surface area (Å²) < 4.78 is 1.45. The van der Waals surface area contributed by atoms with E-state index >= 15 is 0 Å². The van der Waals surface area contributed by atoms with Crippen LogP contribution in [0.1, 0.15) is 45.7 Å². The summed E-state index contributed by atoms with van der Waals surface area (Å²) in [5.41, 5.74) is 1.38. The fourth-order valence-electron chi connectivity index (χ4n) is 3.25. The van der Waals surface area contributed by atoms with Gasteiger partial charge in [-0.1, -0.05) is 20.8 Å². The van der Waals surface area contributed by atoms with Gasteiger partial charge in [0.2, 0.25) is 0 Å². The Morgan fingerprint density at radius 1 is 1.29 bits per heavy atom. The standard InChI is InChI=1S/C19H22N6O2S/c1-19(2,3)13-10-14(21-18(27)22-15-8-5-9-28-15)25(24-13)17-20-12-7-4-6-11(12)16(26)23-17/h5,8-11H,4,6-7H2,1-3H3,(H2,21,22,27). The first-order chi connectivity index (χ1) is 13.3. The molecule has 1 atom stereocenters. The van der Waals surface area contributed by atoms with Gasteiger partial charge in [0.1, 0.15) is 5.82 Å². The van der Waals surface area contributed by atoms with Crippen LogP contribution in [-0.4, -0.2) is 33.4 Å². The first-order valence-corrected chi connectivity index (χ1v) is 10.1. The number of thiophene rings is 1. The van der Waals surface area contributed by atoms with Crippen molar-refractivity contribution >= 4 is 45.8 Å². The highest BCUT2D eigenvalue weighted by Gasteiger charge is 2.34. The Balaban J connectivity index is 1.67. The minimum absolute atomic E-state index is 0.181. The molecule has 9 heteroatoms. The van der Waals surface area contributed by atoms with Gasteiger partial charge in [-0.15, -0.1) is 11.3 Å². The van der Waals surface area contributed by atoms with Crippen molar-refractivity contribution in [2.45, 2.75) is 45.4 Å². The third kappa shape index (κ3) is 3.62. The Kier molecular flexibility index (Phi) is 4.62. The van der Waals surface area contributed by atoms with E-state index in [1.807, 2.05) is 38.3 Å². The number of hydrogen-bond acceptors (Lipinski definition) is 5. The van der Waals surface area contributed by atoms with Gasteiger partial charge in [0, 0.05) is 17.2 Å².